The second-order valence-corrected chi connectivity index (χ2v) is 0. The third-order valence-corrected chi connectivity index (χ3v) is 0. The van der Waals surface area contributed by atoms with Gasteiger partial charge in [0.25, 0.3) is 0 Å². The van der Waals surface area contributed by atoms with Crippen molar-refractivity contribution < 1.29 is 0 Å². The summed E-state index contributed by atoms with van der Waals surface area (Å²) in [6, 6.07) is 0. The Labute approximate surface area is 103 Å². The van der Waals surface area contributed by atoms with Crippen LogP contribution in [0, 0.1) is 0 Å². The van der Waals surface area contributed by atoms with E-state index in [9.17, 15) is 0 Å². The van der Waals surface area contributed by atoms with Gasteiger partial charge in [0.15, 0.2) is 0 Å². The van der Waals surface area contributed by atoms with Crippen molar-refractivity contribution in [2.75, 3.05) is 0 Å². The van der Waals surface area contributed by atoms with Gasteiger partial charge in [-0.05, 0) is 0 Å². The summed E-state index contributed by atoms with van der Waals surface area (Å²) in [4.78, 5) is 0. The Balaban J connectivity index is 0. The van der Waals surface area contributed by atoms with Crippen LogP contribution in [0.5, 0.6) is 0 Å². The Kier molecular flexibility index (Phi) is 987. The van der Waals surface area contributed by atoms with Crippen LogP contribution in [-0.2, 0) is 0 Å². The first-order chi connectivity index (χ1) is 0. The molecule has 0 amide bonds. The molecule has 0 aromatic heterocycles. The van der Waals surface area contributed by atoms with Crippen LogP contribution in [0.2, 0.25) is 0 Å². The van der Waals surface area contributed by atoms with Gasteiger partial charge in [-0.15, -0.1) is 74.4 Å². The molecule has 50 valence electrons. The molecule has 0 fully saturated rings. The summed E-state index contributed by atoms with van der Waals surface area (Å²) in [7, 11) is 0. The molecule has 0 aliphatic rings. The first-order valence-corrected chi connectivity index (χ1v) is 0. The number of rotatable bonds is 0. The van der Waals surface area contributed by atoms with Crippen molar-refractivity contribution in [2.24, 2.45) is 0 Å². The van der Waals surface area contributed by atoms with Gasteiger partial charge in [0.1, 0.15) is 0 Å². The van der Waals surface area contributed by atoms with Gasteiger partial charge >= 0.3 is 29.6 Å². The van der Waals surface area contributed by atoms with Gasteiger partial charge in [0.05, 0.1) is 0 Å². The van der Waals surface area contributed by atoms with E-state index < -0.39 is 0 Å². The predicted molar refractivity (Wildman–Crippen MR) is 50.6 cm³/mol. The van der Waals surface area contributed by atoms with Gasteiger partial charge in [-0.25, -0.2) is 0 Å². The monoisotopic (exact) mass is 240 g/mol. The quantitative estimate of drug-likeness (QED) is 0.569. The van der Waals surface area contributed by atoms with E-state index in [4.69, 9.17) is 0 Å². The number of hydrogen-bond acceptors (Lipinski definition) is 0. The first-order valence-electron chi connectivity index (χ1n) is 0. The molecular formula is H7Cl6Na. The van der Waals surface area contributed by atoms with Crippen molar-refractivity contribution in [1.29, 1.82) is 0 Å². The molecule has 0 nitrogen and oxygen atoms in total. The summed E-state index contributed by atoms with van der Waals surface area (Å²) >= 11 is 0. The van der Waals surface area contributed by atoms with Crippen LogP contribution >= 0.6 is 74.4 Å². The molecular weight excluding hydrogens is 236 g/mol. The summed E-state index contributed by atoms with van der Waals surface area (Å²) in [5.41, 5.74) is 0. The van der Waals surface area contributed by atoms with Crippen molar-refractivity contribution in [3.63, 3.8) is 0 Å². The maximum absolute atomic E-state index is 0. The van der Waals surface area contributed by atoms with Crippen LogP contribution in [0.1, 0.15) is 0 Å². The second-order valence-electron chi connectivity index (χ2n) is 0. The van der Waals surface area contributed by atoms with Crippen LogP contribution in [-0.4, -0.2) is 29.6 Å². The standard InChI is InChI=1S/6ClH.Na.H/h6*1H;;. The summed E-state index contributed by atoms with van der Waals surface area (Å²) in [6.07, 6.45) is 0. The third kappa shape index (κ3) is 52.9. The van der Waals surface area contributed by atoms with E-state index in [2.05, 4.69) is 0 Å². The van der Waals surface area contributed by atoms with Crippen molar-refractivity contribution in [2.45, 2.75) is 0 Å². The fraction of sp³-hybridized carbons (Fsp3) is 0. The second kappa shape index (κ2) is 69.7. The summed E-state index contributed by atoms with van der Waals surface area (Å²) in [6.45, 7) is 0. The molecule has 0 atom stereocenters. The minimum absolute atomic E-state index is 0. The molecule has 0 heterocycles. The maximum atomic E-state index is 0. The van der Waals surface area contributed by atoms with E-state index >= 15 is 0 Å². The van der Waals surface area contributed by atoms with Crippen LogP contribution in [0.4, 0.5) is 0 Å². The van der Waals surface area contributed by atoms with Gasteiger partial charge < -0.3 is 0 Å². The molecule has 0 saturated heterocycles. The van der Waals surface area contributed by atoms with Crippen LogP contribution < -0.4 is 0 Å². The zero-order chi connectivity index (χ0) is 0. The predicted octanol–water partition coefficient (Wildman–Crippen LogP) is 1.88. The van der Waals surface area contributed by atoms with Gasteiger partial charge in [-0.1, -0.05) is 0 Å². The van der Waals surface area contributed by atoms with Crippen LogP contribution in [0.25, 0.3) is 0 Å². The summed E-state index contributed by atoms with van der Waals surface area (Å²) in [5.74, 6) is 0. The molecule has 0 spiro atoms. The summed E-state index contributed by atoms with van der Waals surface area (Å²) < 4.78 is 0. The Morgan fingerprint density at radius 2 is 0.286 bits per heavy atom. The number of halogens is 6. The van der Waals surface area contributed by atoms with Crippen molar-refractivity contribution in [3.8, 4) is 0 Å². The zero-order valence-electron chi connectivity index (χ0n) is 2.45. The van der Waals surface area contributed by atoms with Gasteiger partial charge in [0, 0.05) is 0 Å². The molecule has 0 N–H and O–H groups in total. The number of hydrogen-bond donors (Lipinski definition) is 0. The molecule has 0 saturated carbocycles. The normalized spacial score (nSPS) is 0. The summed E-state index contributed by atoms with van der Waals surface area (Å²) in [5, 5.41) is 0. The Morgan fingerprint density at radius 1 is 0.286 bits per heavy atom. The molecule has 0 aliphatic carbocycles. The molecule has 0 aliphatic heterocycles. The van der Waals surface area contributed by atoms with E-state index in [0.717, 1.165) is 0 Å². The van der Waals surface area contributed by atoms with E-state index in [1.165, 1.54) is 0 Å². The molecule has 0 aromatic carbocycles. The van der Waals surface area contributed by atoms with Crippen LogP contribution in [0.3, 0.4) is 0 Å². The Hall–Kier alpha value is 2.74. The van der Waals surface area contributed by atoms with E-state index in [1.54, 1.807) is 0 Å². The third-order valence-electron chi connectivity index (χ3n) is 0. The minimum atomic E-state index is 0. The topological polar surface area (TPSA) is 0 Å². The fourth-order valence-corrected chi connectivity index (χ4v) is 0. The molecule has 0 unspecified atom stereocenters. The van der Waals surface area contributed by atoms with Gasteiger partial charge in [-0.3, -0.25) is 0 Å². The van der Waals surface area contributed by atoms with E-state index in [-0.39, 0.29) is 104 Å². The SMILES string of the molecule is Cl.Cl.Cl.Cl.Cl.Cl.[NaH]. The molecule has 0 bridgehead atoms. The van der Waals surface area contributed by atoms with Crippen LogP contribution in [0.15, 0.2) is 0 Å². The van der Waals surface area contributed by atoms with Crippen molar-refractivity contribution >= 4 is 104 Å². The molecule has 7 heteroatoms. The van der Waals surface area contributed by atoms with E-state index in [0.29, 0.717) is 0 Å². The van der Waals surface area contributed by atoms with Gasteiger partial charge in [-0.2, -0.15) is 0 Å². The van der Waals surface area contributed by atoms with Crippen molar-refractivity contribution in [3.05, 3.63) is 0 Å². The molecule has 0 aromatic rings. The van der Waals surface area contributed by atoms with E-state index in [1.807, 2.05) is 0 Å². The average Bonchev–Trinajstić information content (AvgIpc) is 0. The molecule has 0 radical (unpaired) electrons. The Bertz CT molecular complexity index is 4.14. The molecule has 0 rings (SSSR count). The average molecular weight is 243 g/mol. The van der Waals surface area contributed by atoms with Gasteiger partial charge in [0.2, 0.25) is 0 Å². The Morgan fingerprint density at radius 3 is 0.286 bits per heavy atom. The molecule has 7 heavy (non-hydrogen) atoms. The zero-order valence-corrected chi connectivity index (χ0v) is 7.35. The van der Waals surface area contributed by atoms with Crippen molar-refractivity contribution in [1.82, 2.24) is 0 Å². The first kappa shape index (κ1) is 99.1. The fourth-order valence-electron chi connectivity index (χ4n) is 0.